The van der Waals surface area contributed by atoms with E-state index in [-0.39, 0.29) is 0 Å². The molecule has 4 atom stereocenters. The zero-order chi connectivity index (χ0) is 28.2. The molecule has 4 aromatic rings. The molecule has 40 heavy (non-hydrogen) atoms. The Morgan fingerprint density at radius 1 is 0.775 bits per heavy atom. The molecule has 1 aliphatic carbocycles. The van der Waals surface area contributed by atoms with Gasteiger partial charge in [0.1, 0.15) is 17.2 Å². The normalized spacial score (nSPS) is 19.8. The van der Waals surface area contributed by atoms with Gasteiger partial charge in [-0.25, -0.2) is 0 Å². The van der Waals surface area contributed by atoms with Crippen molar-refractivity contribution in [3.05, 3.63) is 114 Å². The van der Waals surface area contributed by atoms with Crippen LogP contribution in [0.5, 0.6) is 17.2 Å². The lowest BCUT2D eigenvalue weighted by atomic mass is 9.52. The highest BCUT2D eigenvalue weighted by molar-refractivity contribution is 5.81. The zero-order valence-corrected chi connectivity index (χ0v) is 22.1. The average molecular weight is 536 g/mol. The standard InChI is InChI=1S/C33H29NO6/c1-38-26-12-5-3-10-24(26)28-30(32(35)36)29(25-11-4-6-13-27(25)39-2)31(28)33(37)40-23-9-7-8-22(18-23)21-16-14-20(19-34)15-17-21/h3-18,28-32,35-36H,1-2H3/t28-,29?,30-,31-/m1/s1. The van der Waals surface area contributed by atoms with Crippen molar-refractivity contribution in [2.45, 2.75) is 18.1 Å². The summed E-state index contributed by atoms with van der Waals surface area (Å²) in [7, 11) is 3.09. The van der Waals surface area contributed by atoms with E-state index in [1.165, 1.54) is 0 Å². The molecule has 1 aliphatic rings. The Hall–Kier alpha value is -4.64. The van der Waals surface area contributed by atoms with Crippen LogP contribution in [-0.4, -0.2) is 36.7 Å². The van der Waals surface area contributed by atoms with Crippen LogP contribution in [0.3, 0.4) is 0 Å². The van der Waals surface area contributed by atoms with Crippen LogP contribution >= 0.6 is 0 Å². The third kappa shape index (κ3) is 5.03. The molecule has 0 heterocycles. The number of esters is 1. The maximum absolute atomic E-state index is 14.0. The number of aliphatic hydroxyl groups excluding tert-OH is 1. The molecular weight excluding hydrogens is 506 g/mol. The highest BCUT2D eigenvalue weighted by Crippen LogP contribution is 2.61. The Labute approximate surface area is 232 Å². The molecule has 202 valence electrons. The topological polar surface area (TPSA) is 109 Å². The highest BCUT2D eigenvalue weighted by atomic mass is 16.5. The van der Waals surface area contributed by atoms with Crippen molar-refractivity contribution >= 4 is 5.97 Å². The van der Waals surface area contributed by atoms with E-state index in [0.717, 1.165) is 11.1 Å². The largest absolute Gasteiger partial charge is 0.496 e. The van der Waals surface area contributed by atoms with Gasteiger partial charge in [0.05, 0.1) is 31.8 Å². The Morgan fingerprint density at radius 3 is 1.88 bits per heavy atom. The minimum absolute atomic E-state index is 0.359. The van der Waals surface area contributed by atoms with Crippen LogP contribution in [0.25, 0.3) is 11.1 Å². The van der Waals surface area contributed by atoms with Crippen LogP contribution in [-0.2, 0) is 4.79 Å². The second kappa shape index (κ2) is 11.6. The minimum atomic E-state index is -1.70. The Bertz CT molecular complexity index is 1490. The molecule has 0 aliphatic heterocycles. The fourth-order valence-electron chi connectivity index (χ4n) is 5.79. The predicted molar refractivity (Wildman–Crippen MR) is 149 cm³/mol. The van der Waals surface area contributed by atoms with Crippen molar-refractivity contribution in [2.24, 2.45) is 11.8 Å². The van der Waals surface area contributed by atoms with Crippen molar-refractivity contribution in [1.82, 2.24) is 0 Å². The Kier molecular flexibility index (Phi) is 7.83. The van der Waals surface area contributed by atoms with Gasteiger partial charge in [0, 0.05) is 17.8 Å². The third-order valence-corrected chi connectivity index (χ3v) is 7.62. The summed E-state index contributed by atoms with van der Waals surface area (Å²) in [6, 6.07) is 31.0. The summed E-state index contributed by atoms with van der Waals surface area (Å²) < 4.78 is 17.1. The van der Waals surface area contributed by atoms with Crippen LogP contribution in [0, 0.1) is 23.2 Å². The summed E-state index contributed by atoms with van der Waals surface area (Å²) in [6.07, 6.45) is -1.70. The van der Waals surface area contributed by atoms with Gasteiger partial charge >= 0.3 is 5.97 Å². The third-order valence-electron chi connectivity index (χ3n) is 7.62. The molecule has 0 bridgehead atoms. The monoisotopic (exact) mass is 535 g/mol. The quantitative estimate of drug-likeness (QED) is 0.180. The van der Waals surface area contributed by atoms with Crippen molar-refractivity contribution in [1.29, 1.82) is 5.26 Å². The molecule has 4 aromatic carbocycles. The number of para-hydroxylation sites is 2. The summed E-state index contributed by atoms with van der Waals surface area (Å²) in [4.78, 5) is 14.0. The number of carbonyl (C=O) groups is 1. The van der Waals surface area contributed by atoms with Crippen LogP contribution in [0.2, 0.25) is 0 Å². The Balaban J connectivity index is 1.53. The number of hydrogen-bond acceptors (Lipinski definition) is 7. The summed E-state index contributed by atoms with van der Waals surface area (Å²) >= 11 is 0. The summed E-state index contributed by atoms with van der Waals surface area (Å²) in [6.45, 7) is 0. The highest BCUT2D eigenvalue weighted by Gasteiger charge is 2.59. The number of nitrogens with zero attached hydrogens (tertiary/aromatic N) is 1. The molecule has 2 N–H and O–H groups in total. The first kappa shape index (κ1) is 26.9. The number of methoxy groups -OCH3 is 2. The SMILES string of the molecule is COc1ccccc1C1[C@H](C(O)O)[C@@H](c2ccccc2OC)[C@H]1C(=O)Oc1cccc(-c2ccc(C#N)cc2)c1. The maximum atomic E-state index is 14.0. The first-order valence-corrected chi connectivity index (χ1v) is 12.9. The molecule has 0 saturated heterocycles. The molecule has 0 aromatic heterocycles. The van der Waals surface area contributed by atoms with Gasteiger partial charge in [0.2, 0.25) is 0 Å². The van der Waals surface area contributed by atoms with E-state index in [1.54, 1.807) is 56.7 Å². The van der Waals surface area contributed by atoms with E-state index >= 15 is 0 Å². The number of hydrogen-bond donors (Lipinski definition) is 2. The van der Waals surface area contributed by atoms with Crippen LogP contribution in [0.1, 0.15) is 28.5 Å². The van der Waals surface area contributed by atoms with E-state index in [9.17, 15) is 15.0 Å². The van der Waals surface area contributed by atoms with Crippen molar-refractivity contribution in [2.75, 3.05) is 14.2 Å². The van der Waals surface area contributed by atoms with Crippen molar-refractivity contribution in [3.8, 4) is 34.4 Å². The summed E-state index contributed by atoms with van der Waals surface area (Å²) in [5.41, 5.74) is 3.66. The fraction of sp³-hybridized carbons (Fsp3) is 0.212. The second-order valence-corrected chi connectivity index (χ2v) is 9.69. The minimum Gasteiger partial charge on any atom is -0.496 e. The average Bonchev–Trinajstić information content (AvgIpc) is 2.97. The molecule has 7 nitrogen and oxygen atoms in total. The van der Waals surface area contributed by atoms with Crippen molar-refractivity contribution < 1.29 is 29.2 Å². The van der Waals surface area contributed by atoms with Crippen LogP contribution in [0.15, 0.2) is 97.1 Å². The number of benzene rings is 4. The van der Waals surface area contributed by atoms with Gasteiger partial charge in [-0.1, -0.05) is 60.7 Å². The lowest BCUT2D eigenvalue weighted by Crippen LogP contribution is -2.53. The number of rotatable bonds is 8. The number of carbonyl (C=O) groups excluding carboxylic acids is 1. The first-order valence-electron chi connectivity index (χ1n) is 12.9. The lowest BCUT2D eigenvalue weighted by molar-refractivity contribution is -0.168. The molecule has 0 spiro atoms. The fourth-order valence-corrected chi connectivity index (χ4v) is 5.79. The molecule has 1 saturated carbocycles. The van der Waals surface area contributed by atoms with Gasteiger partial charge in [0.25, 0.3) is 0 Å². The number of aliphatic hydroxyl groups is 2. The Morgan fingerprint density at radius 2 is 1.35 bits per heavy atom. The summed E-state index contributed by atoms with van der Waals surface area (Å²) in [5.74, 6) is -1.67. The molecule has 1 fully saturated rings. The van der Waals surface area contributed by atoms with Crippen molar-refractivity contribution in [3.63, 3.8) is 0 Å². The van der Waals surface area contributed by atoms with E-state index < -0.39 is 35.9 Å². The molecule has 0 amide bonds. The number of ether oxygens (including phenoxy) is 3. The molecule has 5 rings (SSSR count). The molecular formula is C33H29NO6. The summed E-state index contributed by atoms with van der Waals surface area (Å²) in [5, 5.41) is 30.2. The van der Waals surface area contributed by atoms with E-state index in [2.05, 4.69) is 6.07 Å². The van der Waals surface area contributed by atoms with E-state index in [0.29, 0.717) is 33.9 Å². The smallest absolute Gasteiger partial charge is 0.315 e. The van der Waals surface area contributed by atoms with Crippen LogP contribution < -0.4 is 14.2 Å². The zero-order valence-electron chi connectivity index (χ0n) is 22.1. The van der Waals surface area contributed by atoms with Gasteiger partial charge in [0.15, 0.2) is 6.29 Å². The van der Waals surface area contributed by atoms with Gasteiger partial charge in [-0.05, 0) is 58.7 Å². The van der Waals surface area contributed by atoms with E-state index in [1.807, 2.05) is 54.6 Å². The van der Waals surface area contributed by atoms with E-state index in [4.69, 9.17) is 19.5 Å². The van der Waals surface area contributed by atoms with Gasteiger partial charge in [-0.3, -0.25) is 4.79 Å². The second-order valence-electron chi connectivity index (χ2n) is 9.69. The number of nitriles is 1. The molecule has 1 unspecified atom stereocenters. The predicted octanol–water partition coefficient (Wildman–Crippen LogP) is 5.27. The molecule has 7 heteroatoms. The maximum Gasteiger partial charge on any atom is 0.315 e. The van der Waals surface area contributed by atoms with Crippen LogP contribution in [0.4, 0.5) is 0 Å². The lowest BCUT2D eigenvalue weighted by Gasteiger charge is -2.52. The van der Waals surface area contributed by atoms with Gasteiger partial charge in [-0.15, -0.1) is 0 Å². The molecule has 0 radical (unpaired) electrons. The van der Waals surface area contributed by atoms with Gasteiger partial charge < -0.3 is 24.4 Å². The first-order chi connectivity index (χ1) is 19.5. The van der Waals surface area contributed by atoms with Gasteiger partial charge in [-0.2, -0.15) is 5.26 Å².